The number of hydrogen-bond donors (Lipinski definition) is 0. The van der Waals surface area contributed by atoms with E-state index >= 15 is 0 Å². The third kappa shape index (κ3) is 6.69. The minimum absolute atomic E-state index is 0.228. The Hall–Kier alpha value is -1.45. The lowest BCUT2D eigenvalue weighted by Crippen LogP contribution is -2.19. The summed E-state index contributed by atoms with van der Waals surface area (Å²) in [7, 11) is -3.69. The van der Waals surface area contributed by atoms with E-state index in [-0.39, 0.29) is 10.9 Å². The maximum absolute atomic E-state index is 12.3. The Morgan fingerprint density at radius 3 is 2.15 bits per heavy atom. The number of ether oxygens (including phenoxy) is 1. The molecule has 0 spiro atoms. The quantitative estimate of drug-likeness (QED) is 0.574. The summed E-state index contributed by atoms with van der Waals surface area (Å²) in [6.45, 7) is -1.25. The van der Waals surface area contributed by atoms with Crippen LogP contribution in [-0.2, 0) is 21.0 Å². The van der Waals surface area contributed by atoms with Crippen LogP contribution >= 0.6 is 0 Å². The smallest absolute Gasteiger partial charge is 0.422 e. The predicted molar refractivity (Wildman–Crippen MR) is 95.7 cm³/mol. The normalized spacial score (nSPS) is 15.6. The van der Waals surface area contributed by atoms with E-state index in [0.717, 1.165) is 10.8 Å². The van der Waals surface area contributed by atoms with Crippen molar-refractivity contribution in [1.82, 2.24) is 0 Å². The van der Waals surface area contributed by atoms with Crippen molar-refractivity contribution < 1.29 is 30.9 Å². The van der Waals surface area contributed by atoms with Gasteiger partial charge in [-0.25, -0.2) is 8.42 Å². The van der Waals surface area contributed by atoms with Gasteiger partial charge in [0.15, 0.2) is 11.5 Å². The van der Waals surface area contributed by atoms with Crippen molar-refractivity contribution in [1.29, 1.82) is 0 Å². The average Bonchev–Trinajstić information content (AvgIpc) is 3.04. The first-order valence-corrected chi connectivity index (χ1v) is 11.2. The Labute approximate surface area is 153 Å². The van der Waals surface area contributed by atoms with Crippen molar-refractivity contribution in [3.8, 4) is 5.75 Å². The molecule has 0 aromatic heterocycles. The third-order valence-corrected chi connectivity index (χ3v) is 6.12. The van der Waals surface area contributed by atoms with Gasteiger partial charge in [-0.2, -0.15) is 13.2 Å². The van der Waals surface area contributed by atoms with Crippen molar-refractivity contribution in [3.05, 3.63) is 36.4 Å². The van der Waals surface area contributed by atoms with Crippen LogP contribution in [-0.4, -0.2) is 43.5 Å². The topological polar surface area (TPSA) is 66.4 Å². The van der Waals surface area contributed by atoms with Gasteiger partial charge in [-0.3, -0.25) is 0 Å². The third-order valence-electron chi connectivity index (χ3n) is 3.58. The molecule has 0 saturated carbocycles. The fraction of sp³-hybridized carbons (Fsp3) is 0.412. The van der Waals surface area contributed by atoms with Crippen LogP contribution < -0.4 is 4.74 Å². The van der Waals surface area contributed by atoms with Gasteiger partial charge in [-0.05, 0) is 31.0 Å². The maximum atomic E-state index is 12.3. The molecule has 4 nitrogen and oxygen atoms in total. The van der Waals surface area contributed by atoms with Crippen LogP contribution in [0.3, 0.4) is 0 Å². The lowest BCUT2D eigenvalue weighted by Gasteiger charge is -2.13. The van der Waals surface area contributed by atoms with Gasteiger partial charge in [0.05, 0.1) is 10.1 Å². The second kappa shape index (κ2) is 8.49. The van der Waals surface area contributed by atoms with Gasteiger partial charge >= 0.3 is 6.18 Å². The van der Waals surface area contributed by atoms with E-state index in [2.05, 4.69) is 0 Å². The first-order chi connectivity index (χ1) is 12.0. The summed E-state index contributed by atoms with van der Waals surface area (Å²) in [4.78, 5) is 1.27. The summed E-state index contributed by atoms with van der Waals surface area (Å²) in [5.74, 6) is 2.69. The first-order valence-electron chi connectivity index (χ1n) is 7.84. The monoisotopic (exact) mass is 408 g/mol. The molecule has 0 radical (unpaired) electrons. The van der Waals surface area contributed by atoms with Gasteiger partial charge in [0.1, 0.15) is 17.3 Å². The van der Waals surface area contributed by atoms with Crippen LogP contribution in [0.1, 0.15) is 12.8 Å². The van der Waals surface area contributed by atoms with Crippen molar-refractivity contribution in [2.45, 2.75) is 23.9 Å². The Kier molecular flexibility index (Phi) is 6.81. The van der Waals surface area contributed by atoms with Crippen LogP contribution in [0.5, 0.6) is 5.75 Å². The average molecular weight is 408 g/mol. The molecule has 0 amide bonds. The highest BCUT2D eigenvalue weighted by Crippen LogP contribution is 2.35. The second-order valence-electron chi connectivity index (χ2n) is 5.82. The Morgan fingerprint density at radius 1 is 1.08 bits per heavy atom. The van der Waals surface area contributed by atoms with Crippen molar-refractivity contribution in [2.75, 3.05) is 24.4 Å². The van der Waals surface area contributed by atoms with Gasteiger partial charge in [0, 0.05) is 27.9 Å². The van der Waals surface area contributed by atoms with E-state index in [9.17, 15) is 13.2 Å². The summed E-state index contributed by atoms with van der Waals surface area (Å²) in [6.07, 6.45) is -1.23. The van der Waals surface area contributed by atoms with Crippen LogP contribution in [0.4, 0.5) is 13.2 Å². The minimum atomic E-state index is -4.31. The van der Waals surface area contributed by atoms with E-state index < -0.39 is 22.9 Å². The highest BCUT2D eigenvalue weighted by molar-refractivity contribution is 7.97. The molecule has 1 aliphatic rings. The molecule has 1 fully saturated rings. The molecule has 3 rings (SSSR count). The molecule has 2 aromatic carbocycles. The molecule has 1 heterocycles. The number of fused-ring (bicyclic) bond motifs is 1. The van der Waals surface area contributed by atoms with Gasteiger partial charge in [0.2, 0.25) is 0 Å². The van der Waals surface area contributed by atoms with E-state index in [1.165, 1.54) is 29.2 Å². The molecule has 9 heteroatoms. The zero-order valence-corrected chi connectivity index (χ0v) is 15.7. The molecule has 1 aliphatic heterocycles. The molecular weight excluding hydrogens is 389 g/mol. The number of rotatable bonds is 3. The van der Waals surface area contributed by atoms with Crippen molar-refractivity contribution in [2.24, 2.45) is 0 Å². The lowest BCUT2D eigenvalue weighted by atomic mass is 10.1. The molecule has 144 valence electrons. The standard InChI is InChI=1S/C16H16F3OS.CH4O3S/c17-16(18,19)11-20-14-7-8-15(21-9-3-4-10-21)13-6-2-1-5-12(13)14;1-5(2,3)4/h1-2,5-8H,3-4,9-11H2;1H3,(H,2,3,4)/q+1;/p-1. The summed E-state index contributed by atoms with van der Waals surface area (Å²) in [6, 6.07) is 11.2. The van der Waals surface area contributed by atoms with Crippen LogP contribution in [0.25, 0.3) is 10.8 Å². The molecule has 1 saturated heterocycles. The minimum Gasteiger partial charge on any atom is -0.748 e. The SMILES string of the molecule is CS(=O)(=O)[O-].FC(F)(F)COc1ccc([S+]2CCCC2)c2ccccc12. The van der Waals surface area contributed by atoms with Crippen molar-refractivity contribution >= 4 is 31.8 Å². The van der Waals surface area contributed by atoms with Crippen molar-refractivity contribution in [3.63, 3.8) is 0 Å². The maximum Gasteiger partial charge on any atom is 0.422 e. The molecule has 2 aromatic rings. The molecule has 0 bridgehead atoms. The van der Waals surface area contributed by atoms with E-state index in [1.54, 1.807) is 6.07 Å². The fourth-order valence-corrected chi connectivity index (χ4v) is 5.15. The zero-order valence-electron chi connectivity index (χ0n) is 14.1. The molecular formula is C17H19F3O4S2. The summed E-state index contributed by atoms with van der Waals surface area (Å²) in [5, 5.41) is 1.81. The predicted octanol–water partition coefficient (Wildman–Crippen LogP) is 3.71. The lowest BCUT2D eigenvalue weighted by molar-refractivity contribution is -0.153. The van der Waals surface area contributed by atoms with Gasteiger partial charge in [-0.15, -0.1) is 0 Å². The number of hydrogen-bond acceptors (Lipinski definition) is 4. The highest BCUT2D eigenvalue weighted by Gasteiger charge is 2.31. The molecule has 0 unspecified atom stereocenters. The van der Waals surface area contributed by atoms with E-state index in [0.29, 0.717) is 12.0 Å². The first kappa shape index (κ1) is 20.9. The summed E-state index contributed by atoms with van der Waals surface area (Å²) >= 11 is 0. The summed E-state index contributed by atoms with van der Waals surface area (Å²) in [5.41, 5.74) is 0. The Morgan fingerprint density at radius 2 is 1.62 bits per heavy atom. The molecule has 0 N–H and O–H groups in total. The Balaban J connectivity index is 0.000000431. The number of benzene rings is 2. The zero-order chi connectivity index (χ0) is 19.4. The largest absolute Gasteiger partial charge is 0.748 e. The highest BCUT2D eigenvalue weighted by atomic mass is 32.2. The molecule has 26 heavy (non-hydrogen) atoms. The van der Waals surface area contributed by atoms with Crippen LogP contribution in [0.15, 0.2) is 41.3 Å². The number of halogens is 3. The fourth-order valence-electron chi connectivity index (χ4n) is 2.66. The Bertz CT molecular complexity index is 837. The van der Waals surface area contributed by atoms with Gasteiger partial charge in [0.25, 0.3) is 0 Å². The summed E-state index contributed by atoms with van der Waals surface area (Å²) < 4.78 is 69.2. The number of alkyl halides is 3. The van der Waals surface area contributed by atoms with E-state index in [1.807, 2.05) is 30.3 Å². The van der Waals surface area contributed by atoms with Crippen LogP contribution in [0.2, 0.25) is 0 Å². The molecule has 0 aliphatic carbocycles. The van der Waals surface area contributed by atoms with Gasteiger partial charge in [-0.1, -0.05) is 18.2 Å². The second-order valence-corrected chi connectivity index (χ2v) is 9.47. The van der Waals surface area contributed by atoms with Gasteiger partial charge < -0.3 is 9.29 Å². The molecule has 0 atom stereocenters. The van der Waals surface area contributed by atoms with E-state index in [4.69, 9.17) is 17.7 Å². The van der Waals surface area contributed by atoms with Crippen LogP contribution in [0, 0.1) is 0 Å².